The van der Waals surface area contributed by atoms with Gasteiger partial charge in [0.1, 0.15) is 5.75 Å². The van der Waals surface area contributed by atoms with Crippen LogP contribution in [-0.4, -0.2) is 23.9 Å². The van der Waals surface area contributed by atoms with Crippen LogP contribution in [0.1, 0.15) is 30.1 Å². The third kappa shape index (κ3) is 3.11. The lowest BCUT2D eigenvalue weighted by Crippen LogP contribution is -2.02. The van der Waals surface area contributed by atoms with Crippen molar-refractivity contribution in [1.29, 1.82) is 0 Å². The minimum atomic E-state index is -0.587. The first-order valence-corrected chi connectivity index (χ1v) is 5.61. The standard InChI is InChI=1S/C12H17ClO3/c1-8-6-12(16-2)10(13)7-9(8)11(15)4-3-5-14/h6-7,11,14-15H,3-5H2,1-2H3. The Labute approximate surface area is 101 Å². The highest BCUT2D eigenvalue weighted by Gasteiger charge is 2.13. The Morgan fingerprint density at radius 2 is 2.12 bits per heavy atom. The van der Waals surface area contributed by atoms with Crippen LogP contribution in [0.3, 0.4) is 0 Å². The number of methoxy groups -OCH3 is 1. The van der Waals surface area contributed by atoms with E-state index in [0.29, 0.717) is 23.6 Å². The predicted octanol–water partition coefficient (Wildman–Crippen LogP) is 2.46. The number of hydrogen-bond donors (Lipinski definition) is 2. The monoisotopic (exact) mass is 244 g/mol. The zero-order valence-electron chi connectivity index (χ0n) is 9.53. The predicted molar refractivity (Wildman–Crippen MR) is 64.0 cm³/mol. The van der Waals surface area contributed by atoms with Crippen molar-refractivity contribution >= 4 is 11.6 Å². The maximum atomic E-state index is 9.91. The zero-order chi connectivity index (χ0) is 12.1. The summed E-state index contributed by atoms with van der Waals surface area (Å²) < 4.78 is 5.09. The van der Waals surface area contributed by atoms with Crippen LogP contribution in [0.2, 0.25) is 5.02 Å². The molecule has 0 bridgehead atoms. The molecule has 0 aliphatic heterocycles. The summed E-state index contributed by atoms with van der Waals surface area (Å²) in [5, 5.41) is 19.1. The molecular weight excluding hydrogens is 228 g/mol. The minimum absolute atomic E-state index is 0.0833. The second-order valence-corrected chi connectivity index (χ2v) is 4.13. The lowest BCUT2D eigenvalue weighted by atomic mass is 10.00. The van der Waals surface area contributed by atoms with Crippen molar-refractivity contribution in [3.63, 3.8) is 0 Å². The van der Waals surface area contributed by atoms with E-state index >= 15 is 0 Å². The van der Waals surface area contributed by atoms with Crippen molar-refractivity contribution in [1.82, 2.24) is 0 Å². The summed E-state index contributed by atoms with van der Waals surface area (Å²) >= 11 is 5.99. The highest BCUT2D eigenvalue weighted by Crippen LogP contribution is 2.32. The smallest absolute Gasteiger partial charge is 0.137 e. The largest absolute Gasteiger partial charge is 0.495 e. The second kappa shape index (κ2) is 6.09. The fourth-order valence-corrected chi connectivity index (χ4v) is 1.88. The van der Waals surface area contributed by atoms with Crippen molar-refractivity contribution in [2.45, 2.75) is 25.9 Å². The average Bonchev–Trinajstić information content (AvgIpc) is 2.28. The van der Waals surface area contributed by atoms with Gasteiger partial charge in [0.05, 0.1) is 18.2 Å². The Morgan fingerprint density at radius 1 is 1.44 bits per heavy atom. The van der Waals surface area contributed by atoms with Gasteiger partial charge >= 0.3 is 0 Å². The number of hydrogen-bond acceptors (Lipinski definition) is 3. The molecule has 0 aromatic heterocycles. The quantitative estimate of drug-likeness (QED) is 0.837. The highest BCUT2D eigenvalue weighted by molar-refractivity contribution is 6.32. The normalized spacial score (nSPS) is 12.6. The van der Waals surface area contributed by atoms with Crippen molar-refractivity contribution < 1.29 is 14.9 Å². The first kappa shape index (κ1) is 13.3. The van der Waals surface area contributed by atoms with E-state index in [2.05, 4.69) is 0 Å². The van der Waals surface area contributed by atoms with Gasteiger partial charge in [-0.25, -0.2) is 0 Å². The van der Waals surface area contributed by atoms with Gasteiger partial charge in [-0.1, -0.05) is 11.6 Å². The number of aliphatic hydroxyl groups is 2. The topological polar surface area (TPSA) is 49.7 Å². The van der Waals surface area contributed by atoms with Gasteiger partial charge in [0.25, 0.3) is 0 Å². The van der Waals surface area contributed by atoms with E-state index < -0.39 is 6.10 Å². The number of rotatable bonds is 5. The number of benzene rings is 1. The Hall–Kier alpha value is -0.770. The van der Waals surface area contributed by atoms with Gasteiger partial charge in [-0.3, -0.25) is 0 Å². The lowest BCUT2D eigenvalue weighted by molar-refractivity contribution is 0.151. The first-order chi connectivity index (χ1) is 7.60. The molecule has 1 atom stereocenters. The summed E-state index contributed by atoms with van der Waals surface area (Å²) in [4.78, 5) is 0. The van der Waals surface area contributed by atoms with Crippen LogP contribution in [-0.2, 0) is 0 Å². The summed E-state index contributed by atoms with van der Waals surface area (Å²) in [5.41, 5.74) is 1.73. The zero-order valence-corrected chi connectivity index (χ0v) is 10.3. The molecule has 0 aliphatic rings. The van der Waals surface area contributed by atoms with Crippen LogP contribution in [0.5, 0.6) is 5.75 Å². The number of halogens is 1. The molecule has 4 heteroatoms. The van der Waals surface area contributed by atoms with E-state index in [4.69, 9.17) is 21.4 Å². The molecule has 1 unspecified atom stereocenters. The molecule has 0 fully saturated rings. The number of aryl methyl sites for hydroxylation is 1. The third-order valence-electron chi connectivity index (χ3n) is 2.54. The van der Waals surface area contributed by atoms with Crippen molar-refractivity contribution in [2.75, 3.05) is 13.7 Å². The molecule has 0 radical (unpaired) electrons. The van der Waals surface area contributed by atoms with E-state index in [-0.39, 0.29) is 6.61 Å². The molecule has 1 rings (SSSR count). The molecule has 1 aromatic rings. The van der Waals surface area contributed by atoms with Gasteiger partial charge in [-0.05, 0) is 43.0 Å². The maximum absolute atomic E-state index is 9.91. The summed E-state index contributed by atoms with van der Waals surface area (Å²) in [6, 6.07) is 3.53. The molecule has 3 nitrogen and oxygen atoms in total. The molecule has 90 valence electrons. The van der Waals surface area contributed by atoms with Gasteiger partial charge in [0.2, 0.25) is 0 Å². The molecule has 0 saturated carbocycles. The molecule has 0 amide bonds. The minimum Gasteiger partial charge on any atom is -0.495 e. The number of aliphatic hydroxyl groups excluding tert-OH is 2. The average molecular weight is 245 g/mol. The maximum Gasteiger partial charge on any atom is 0.137 e. The van der Waals surface area contributed by atoms with Gasteiger partial charge in [-0.2, -0.15) is 0 Å². The molecule has 16 heavy (non-hydrogen) atoms. The van der Waals surface area contributed by atoms with E-state index in [1.165, 1.54) is 0 Å². The molecule has 0 saturated heterocycles. The van der Waals surface area contributed by atoms with E-state index in [9.17, 15) is 5.11 Å². The third-order valence-corrected chi connectivity index (χ3v) is 2.83. The van der Waals surface area contributed by atoms with Gasteiger partial charge < -0.3 is 14.9 Å². The van der Waals surface area contributed by atoms with E-state index in [0.717, 1.165) is 11.1 Å². The van der Waals surface area contributed by atoms with Gasteiger partial charge in [0.15, 0.2) is 0 Å². The van der Waals surface area contributed by atoms with Crippen LogP contribution in [0, 0.1) is 6.92 Å². The fraction of sp³-hybridized carbons (Fsp3) is 0.500. The molecule has 1 aromatic carbocycles. The Balaban J connectivity index is 2.92. The molecule has 0 heterocycles. The van der Waals surface area contributed by atoms with E-state index in [1.54, 1.807) is 19.2 Å². The van der Waals surface area contributed by atoms with Crippen LogP contribution < -0.4 is 4.74 Å². The van der Waals surface area contributed by atoms with Crippen molar-refractivity contribution in [3.8, 4) is 5.75 Å². The molecule has 0 aliphatic carbocycles. The summed E-state index contributed by atoms with van der Waals surface area (Å²) in [7, 11) is 1.56. The van der Waals surface area contributed by atoms with Crippen molar-refractivity contribution in [2.24, 2.45) is 0 Å². The van der Waals surface area contributed by atoms with Crippen LogP contribution in [0.15, 0.2) is 12.1 Å². The SMILES string of the molecule is COc1cc(C)c(C(O)CCCO)cc1Cl. The summed E-state index contributed by atoms with van der Waals surface area (Å²) in [5.74, 6) is 0.609. The summed E-state index contributed by atoms with van der Waals surface area (Å²) in [6.07, 6.45) is 0.514. The van der Waals surface area contributed by atoms with Crippen LogP contribution >= 0.6 is 11.6 Å². The van der Waals surface area contributed by atoms with Crippen LogP contribution in [0.4, 0.5) is 0 Å². The van der Waals surface area contributed by atoms with E-state index in [1.807, 2.05) is 6.92 Å². The van der Waals surface area contributed by atoms with Crippen LogP contribution in [0.25, 0.3) is 0 Å². The Morgan fingerprint density at radius 3 is 2.69 bits per heavy atom. The number of ether oxygens (including phenoxy) is 1. The highest BCUT2D eigenvalue weighted by atomic mass is 35.5. The Bertz CT molecular complexity index is 352. The fourth-order valence-electron chi connectivity index (χ4n) is 1.63. The molecule has 0 spiro atoms. The Kier molecular flexibility index (Phi) is 5.06. The van der Waals surface area contributed by atoms with Gasteiger partial charge in [-0.15, -0.1) is 0 Å². The van der Waals surface area contributed by atoms with Gasteiger partial charge in [0, 0.05) is 6.61 Å². The summed E-state index contributed by atoms with van der Waals surface area (Å²) in [6.45, 7) is 1.98. The second-order valence-electron chi connectivity index (χ2n) is 3.72. The molecule has 2 N–H and O–H groups in total. The lowest BCUT2D eigenvalue weighted by Gasteiger charge is -2.15. The van der Waals surface area contributed by atoms with Crippen molar-refractivity contribution in [3.05, 3.63) is 28.3 Å². The first-order valence-electron chi connectivity index (χ1n) is 5.23. The molecular formula is C12H17ClO3.